The number of amides is 1. The number of carbonyl (C=O) groups is 1. The summed E-state index contributed by atoms with van der Waals surface area (Å²) >= 11 is 0. The average Bonchev–Trinajstić information content (AvgIpc) is 2.28. The van der Waals surface area contributed by atoms with E-state index in [1.54, 1.807) is 0 Å². The first-order valence-corrected chi connectivity index (χ1v) is 5.56. The minimum absolute atomic E-state index is 0.0933. The van der Waals surface area contributed by atoms with Crippen molar-refractivity contribution < 1.29 is 4.79 Å². The molecule has 0 bridgehead atoms. The molecule has 0 unspecified atom stereocenters. The second-order valence-electron chi connectivity index (χ2n) is 3.93. The van der Waals surface area contributed by atoms with Gasteiger partial charge in [0.15, 0.2) is 0 Å². The summed E-state index contributed by atoms with van der Waals surface area (Å²) in [5.74, 6) is 0.0933. The predicted molar refractivity (Wildman–Crippen MR) is 61.5 cm³/mol. The van der Waals surface area contributed by atoms with Gasteiger partial charge >= 0.3 is 0 Å². The zero-order chi connectivity index (χ0) is 11.3. The molecule has 4 heteroatoms. The maximum atomic E-state index is 11.8. The number of rotatable bonds is 4. The van der Waals surface area contributed by atoms with Crippen LogP contribution in [0.25, 0.3) is 0 Å². The Balaban J connectivity index is 2.36. The molecule has 0 aromatic rings. The Morgan fingerprint density at radius 3 is 2.53 bits per heavy atom. The third kappa shape index (κ3) is 3.32. The van der Waals surface area contributed by atoms with Gasteiger partial charge in [0.25, 0.3) is 0 Å². The van der Waals surface area contributed by atoms with E-state index in [-0.39, 0.29) is 11.9 Å². The monoisotopic (exact) mass is 211 g/mol. The number of nitrogens with two attached hydrogens (primary N) is 1. The van der Waals surface area contributed by atoms with Crippen LogP contribution >= 0.6 is 0 Å². The smallest absolute Gasteiger partial charge is 0.239 e. The van der Waals surface area contributed by atoms with Gasteiger partial charge in [-0.3, -0.25) is 9.69 Å². The van der Waals surface area contributed by atoms with Crippen LogP contribution in [-0.4, -0.2) is 54.5 Å². The zero-order valence-corrected chi connectivity index (χ0v) is 9.48. The Kier molecular flexibility index (Phi) is 4.78. The second-order valence-corrected chi connectivity index (χ2v) is 3.93. The molecule has 1 heterocycles. The van der Waals surface area contributed by atoms with Crippen molar-refractivity contribution in [2.24, 2.45) is 5.73 Å². The van der Waals surface area contributed by atoms with Crippen LogP contribution in [-0.2, 0) is 4.79 Å². The summed E-state index contributed by atoms with van der Waals surface area (Å²) in [4.78, 5) is 15.9. The molecule has 1 atom stereocenters. The first kappa shape index (κ1) is 12.2. The van der Waals surface area contributed by atoms with Crippen molar-refractivity contribution in [3.63, 3.8) is 0 Å². The van der Waals surface area contributed by atoms with Crippen molar-refractivity contribution in [2.75, 3.05) is 32.7 Å². The van der Waals surface area contributed by atoms with Crippen LogP contribution in [0.3, 0.4) is 0 Å². The fraction of sp³-hybridized carbons (Fsp3) is 0.727. The van der Waals surface area contributed by atoms with Crippen molar-refractivity contribution in [3.05, 3.63) is 12.7 Å². The number of nitrogens with zero attached hydrogens (tertiary/aromatic N) is 2. The van der Waals surface area contributed by atoms with Crippen LogP contribution in [0.1, 0.15) is 13.3 Å². The molecule has 86 valence electrons. The lowest BCUT2D eigenvalue weighted by Crippen LogP contribution is -2.52. The third-order valence-corrected chi connectivity index (χ3v) is 2.83. The second kappa shape index (κ2) is 5.88. The van der Waals surface area contributed by atoms with Crippen LogP contribution in [0.2, 0.25) is 0 Å². The number of hydrogen-bond acceptors (Lipinski definition) is 3. The van der Waals surface area contributed by atoms with Crippen molar-refractivity contribution in [2.45, 2.75) is 19.4 Å². The van der Waals surface area contributed by atoms with E-state index in [1.165, 1.54) is 0 Å². The van der Waals surface area contributed by atoms with Crippen LogP contribution in [0, 0.1) is 0 Å². The van der Waals surface area contributed by atoms with Crippen LogP contribution in [0.4, 0.5) is 0 Å². The van der Waals surface area contributed by atoms with E-state index >= 15 is 0 Å². The highest BCUT2D eigenvalue weighted by molar-refractivity contribution is 5.81. The summed E-state index contributed by atoms with van der Waals surface area (Å²) in [6, 6.07) is -0.323. The molecule has 0 aromatic heterocycles. The van der Waals surface area contributed by atoms with E-state index < -0.39 is 0 Å². The van der Waals surface area contributed by atoms with E-state index in [4.69, 9.17) is 5.73 Å². The van der Waals surface area contributed by atoms with Gasteiger partial charge in [0.2, 0.25) is 5.91 Å². The molecule has 0 radical (unpaired) electrons. The van der Waals surface area contributed by atoms with Gasteiger partial charge in [-0.1, -0.05) is 13.0 Å². The van der Waals surface area contributed by atoms with Gasteiger partial charge in [0.1, 0.15) is 0 Å². The van der Waals surface area contributed by atoms with Crippen molar-refractivity contribution in [1.29, 1.82) is 0 Å². The van der Waals surface area contributed by atoms with Crippen molar-refractivity contribution >= 4 is 5.91 Å². The quantitative estimate of drug-likeness (QED) is 0.669. The summed E-state index contributed by atoms with van der Waals surface area (Å²) in [7, 11) is 0. The molecule has 1 rings (SSSR count). The Morgan fingerprint density at radius 1 is 1.47 bits per heavy atom. The maximum Gasteiger partial charge on any atom is 0.239 e. The van der Waals surface area contributed by atoms with Gasteiger partial charge in [-0.05, 0) is 6.42 Å². The van der Waals surface area contributed by atoms with E-state index in [2.05, 4.69) is 11.5 Å². The summed E-state index contributed by atoms with van der Waals surface area (Å²) in [6.07, 6.45) is 2.61. The van der Waals surface area contributed by atoms with E-state index in [0.717, 1.165) is 32.7 Å². The molecule has 1 amide bonds. The molecule has 1 saturated heterocycles. The normalized spacial score (nSPS) is 20.0. The largest absolute Gasteiger partial charge is 0.339 e. The Labute approximate surface area is 91.7 Å². The van der Waals surface area contributed by atoms with Gasteiger partial charge in [-0.15, -0.1) is 6.58 Å². The molecule has 1 aliphatic heterocycles. The molecule has 0 saturated carbocycles. The molecule has 2 N–H and O–H groups in total. The highest BCUT2D eigenvalue weighted by atomic mass is 16.2. The highest BCUT2D eigenvalue weighted by Crippen LogP contribution is 2.04. The van der Waals surface area contributed by atoms with Gasteiger partial charge in [0, 0.05) is 32.7 Å². The maximum absolute atomic E-state index is 11.8. The Morgan fingerprint density at radius 2 is 2.07 bits per heavy atom. The van der Waals surface area contributed by atoms with Crippen molar-refractivity contribution in [1.82, 2.24) is 9.80 Å². The molecular weight excluding hydrogens is 190 g/mol. The summed E-state index contributed by atoms with van der Waals surface area (Å²) in [5, 5.41) is 0. The zero-order valence-electron chi connectivity index (χ0n) is 9.48. The molecule has 15 heavy (non-hydrogen) atoms. The van der Waals surface area contributed by atoms with E-state index in [9.17, 15) is 4.79 Å². The summed E-state index contributed by atoms with van der Waals surface area (Å²) in [5.41, 5.74) is 5.72. The minimum Gasteiger partial charge on any atom is -0.339 e. The lowest BCUT2D eigenvalue weighted by Gasteiger charge is -2.35. The van der Waals surface area contributed by atoms with Crippen LogP contribution in [0.5, 0.6) is 0 Å². The molecular formula is C11H21N3O. The molecule has 4 nitrogen and oxygen atoms in total. The fourth-order valence-corrected chi connectivity index (χ4v) is 1.74. The van der Waals surface area contributed by atoms with Crippen LogP contribution < -0.4 is 5.73 Å². The van der Waals surface area contributed by atoms with Crippen LogP contribution in [0.15, 0.2) is 12.7 Å². The molecule has 1 fully saturated rings. The number of piperazine rings is 1. The summed E-state index contributed by atoms with van der Waals surface area (Å²) in [6.45, 7) is 9.99. The number of carbonyl (C=O) groups excluding carboxylic acids is 1. The van der Waals surface area contributed by atoms with Gasteiger partial charge < -0.3 is 10.6 Å². The lowest BCUT2D eigenvalue weighted by molar-refractivity contribution is -0.134. The highest BCUT2D eigenvalue weighted by Gasteiger charge is 2.23. The van der Waals surface area contributed by atoms with E-state index in [1.807, 2.05) is 17.9 Å². The Bertz CT molecular complexity index is 222. The van der Waals surface area contributed by atoms with Gasteiger partial charge in [-0.25, -0.2) is 0 Å². The first-order valence-electron chi connectivity index (χ1n) is 5.56. The standard InChI is InChI=1S/C11H21N3O/c1-3-5-13-6-8-14(9-7-13)11(15)10(12)4-2/h3,10H,1,4-9,12H2,2H3/t10-/m1/s1. The van der Waals surface area contributed by atoms with E-state index in [0.29, 0.717) is 6.42 Å². The molecule has 0 aliphatic carbocycles. The Hall–Kier alpha value is -0.870. The van der Waals surface area contributed by atoms with Gasteiger partial charge in [0.05, 0.1) is 6.04 Å². The molecule has 0 spiro atoms. The average molecular weight is 211 g/mol. The lowest BCUT2D eigenvalue weighted by atomic mass is 10.2. The van der Waals surface area contributed by atoms with Gasteiger partial charge in [-0.2, -0.15) is 0 Å². The third-order valence-electron chi connectivity index (χ3n) is 2.83. The predicted octanol–water partition coefficient (Wildman–Crippen LogP) is 0.0539. The number of hydrogen-bond donors (Lipinski definition) is 1. The first-order chi connectivity index (χ1) is 7.19. The fourth-order valence-electron chi connectivity index (χ4n) is 1.74. The summed E-state index contributed by atoms with van der Waals surface area (Å²) < 4.78 is 0. The SMILES string of the molecule is C=CCN1CCN(C(=O)[C@H](N)CC)CC1. The minimum atomic E-state index is -0.323. The topological polar surface area (TPSA) is 49.6 Å². The molecule has 1 aliphatic rings. The molecule has 0 aromatic carbocycles. The van der Waals surface area contributed by atoms with Crippen molar-refractivity contribution in [3.8, 4) is 0 Å².